The minimum atomic E-state index is -3.66. The number of halogens is 1. The first-order chi connectivity index (χ1) is 11.4. The standard InChI is InChI=1S/C18H18FNO3S/c19-16-8-3-5-14(11-16)12-24(22,23)13-18(21)20-10-4-7-15-6-1-2-9-17(15)20/h1-3,5-6,8-9,11H,4,7,10,12-13H2. The van der Waals surface area contributed by atoms with Gasteiger partial charge in [-0.15, -0.1) is 0 Å². The lowest BCUT2D eigenvalue weighted by molar-refractivity contribution is -0.116. The SMILES string of the molecule is O=C(CS(=O)(=O)Cc1cccc(F)c1)N1CCCc2ccccc21. The zero-order valence-electron chi connectivity index (χ0n) is 13.1. The van der Waals surface area contributed by atoms with Crippen molar-refractivity contribution in [1.29, 1.82) is 0 Å². The van der Waals surface area contributed by atoms with E-state index in [0.717, 1.165) is 24.1 Å². The summed E-state index contributed by atoms with van der Waals surface area (Å²) in [4.78, 5) is 14.0. The van der Waals surface area contributed by atoms with Gasteiger partial charge in [-0.1, -0.05) is 30.3 Å². The van der Waals surface area contributed by atoms with Crippen molar-refractivity contribution in [2.24, 2.45) is 0 Å². The number of para-hydroxylation sites is 1. The highest BCUT2D eigenvalue weighted by Gasteiger charge is 2.26. The molecule has 1 amide bonds. The fourth-order valence-corrected chi connectivity index (χ4v) is 4.31. The Balaban J connectivity index is 1.75. The van der Waals surface area contributed by atoms with E-state index in [2.05, 4.69) is 0 Å². The zero-order chi connectivity index (χ0) is 17.2. The zero-order valence-corrected chi connectivity index (χ0v) is 13.9. The predicted molar refractivity (Wildman–Crippen MR) is 91.0 cm³/mol. The Labute approximate surface area is 140 Å². The van der Waals surface area contributed by atoms with Gasteiger partial charge < -0.3 is 4.90 Å². The van der Waals surface area contributed by atoms with Gasteiger partial charge in [-0.25, -0.2) is 12.8 Å². The maximum absolute atomic E-state index is 13.2. The third kappa shape index (κ3) is 3.82. The summed E-state index contributed by atoms with van der Waals surface area (Å²) in [5.41, 5.74) is 2.19. The molecular formula is C18H18FNO3S. The lowest BCUT2D eigenvalue weighted by Gasteiger charge is -2.29. The van der Waals surface area contributed by atoms with Gasteiger partial charge in [0.05, 0.1) is 5.75 Å². The van der Waals surface area contributed by atoms with E-state index in [9.17, 15) is 17.6 Å². The number of benzene rings is 2. The number of aryl methyl sites for hydroxylation is 1. The summed E-state index contributed by atoms with van der Waals surface area (Å²) in [6.07, 6.45) is 1.70. The van der Waals surface area contributed by atoms with Crippen LogP contribution in [0.2, 0.25) is 0 Å². The van der Waals surface area contributed by atoms with Crippen LogP contribution in [0.3, 0.4) is 0 Å². The number of fused-ring (bicyclic) bond motifs is 1. The van der Waals surface area contributed by atoms with Crippen molar-refractivity contribution in [2.75, 3.05) is 17.2 Å². The number of anilines is 1. The van der Waals surface area contributed by atoms with Crippen LogP contribution in [0.1, 0.15) is 17.5 Å². The second-order valence-electron chi connectivity index (χ2n) is 5.94. The summed E-state index contributed by atoms with van der Waals surface area (Å²) < 4.78 is 37.8. The number of rotatable bonds is 4. The van der Waals surface area contributed by atoms with Crippen molar-refractivity contribution in [1.82, 2.24) is 0 Å². The molecule has 1 aliphatic heterocycles. The van der Waals surface area contributed by atoms with E-state index in [1.54, 1.807) is 11.0 Å². The van der Waals surface area contributed by atoms with Gasteiger partial charge in [-0.2, -0.15) is 0 Å². The molecule has 6 heteroatoms. The third-order valence-electron chi connectivity index (χ3n) is 4.03. The van der Waals surface area contributed by atoms with Gasteiger partial charge >= 0.3 is 0 Å². The highest BCUT2D eigenvalue weighted by Crippen LogP contribution is 2.27. The molecule has 24 heavy (non-hydrogen) atoms. The first-order valence-electron chi connectivity index (χ1n) is 7.78. The summed E-state index contributed by atoms with van der Waals surface area (Å²) in [5.74, 6) is -1.83. The summed E-state index contributed by atoms with van der Waals surface area (Å²) in [6, 6.07) is 13.0. The number of sulfone groups is 1. The predicted octanol–water partition coefficient (Wildman–Crippen LogP) is 2.72. The van der Waals surface area contributed by atoms with Crippen molar-refractivity contribution in [3.05, 3.63) is 65.5 Å². The lowest BCUT2D eigenvalue weighted by Crippen LogP contribution is -2.39. The number of nitrogens with zero attached hydrogens (tertiary/aromatic N) is 1. The van der Waals surface area contributed by atoms with E-state index in [4.69, 9.17) is 0 Å². The number of carbonyl (C=O) groups excluding carboxylic acids is 1. The first-order valence-corrected chi connectivity index (χ1v) is 9.60. The maximum atomic E-state index is 13.2. The Morgan fingerprint density at radius 1 is 1.12 bits per heavy atom. The monoisotopic (exact) mass is 347 g/mol. The van der Waals surface area contributed by atoms with Crippen LogP contribution in [0.15, 0.2) is 48.5 Å². The van der Waals surface area contributed by atoms with Gasteiger partial charge in [0.15, 0.2) is 9.84 Å². The summed E-state index contributed by atoms with van der Waals surface area (Å²) in [5, 5.41) is 0. The molecule has 0 saturated heterocycles. The maximum Gasteiger partial charge on any atom is 0.242 e. The fraction of sp³-hybridized carbons (Fsp3) is 0.278. The molecule has 2 aromatic carbocycles. The molecule has 0 saturated carbocycles. The van der Waals surface area contributed by atoms with Crippen LogP contribution in [-0.2, 0) is 26.8 Å². The van der Waals surface area contributed by atoms with E-state index in [1.165, 1.54) is 18.2 Å². The molecule has 1 heterocycles. The molecule has 0 atom stereocenters. The topological polar surface area (TPSA) is 54.5 Å². The van der Waals surface area contributed by atoms with Crippen molar-refractivity contribution in [3.63, 3.8) is 0 Å². The lowest BCUT2D eigenvalue weighted by atomic mass is 10.0. The van der Waals surface area contributed by atoms with E-state index in [-0.39, 0.29) is 5.75 Å². The summed E-state index contributed by atoms with van der Waals surface area (Å²) in [7, 11) is -3.66. The van der Waals surface area contributed by atoms with Crippen LogP contribution >= 0.6 is 0 Å². The molecule has 0 spiro atoms. The smallest absolute Gasteiger partial charge is 0.242 e. The molecule has 0 fully saturated rings. The van der Waals surface area contributed by atoms with E-state index in [1.807, 2.05) is 24.3 Å². The van der Waals surface area contributed by atoms with E-state index >= 15 is 0 Å². The van der Waals surface area contributed by atoms with Gasteiger partial charge in [0.2, 0.25) is 5.91 Å². The molecule has 1 aliphatic rings. The normalized spacial score (nSPS) is 14.3. The Morgan fingerprint density at radius 2 is 1.92 bits per heavy atom. The second kappa shape index (κ2) is 6.73. The van der Waals surface area contributed by atoms with Gasteiger partial charge in [0.1, 0.15) is 11.6 Å². The highest BCUT2D eigenvalue weighted by atomic mass is 32.2. The third-order valence-corrected chi connectivity index (χ3v) is 5.49. The van der Waals surface area contributed by atoms with Crippen molar-refractivity contribution in [2.45, 2.75) is 18.6 Å². The minimum Gasteiger partial charge on any atom is -0.311 e. The molecule has 0 bridgehead atoms. The summed E-state index contributed by atoms with van der Waals surface area (Å²) in [6.45, 7) is 0.519. The molecular weight excluding hydrogens is 329 g/mol. The Bertz CT molecular complexity index is 864. The summed E-state index contributed by atoms with van der Waals surface area (Å²) >= 11 is 0. The van der Waals surface area contributed by atoms with Gasteiger partial charge in [0, 0.05) is 12.2 Å². The Kier molecular flexibility index (Phi) is 4.66. The Hall–Kier alpha value is -2.21. The highest BCUT2D eigenvalue weighted by molar-refractivity contribution is 7.91. The number of hydrogen-bond donors (Lipinski definition) is 0. The van der Waals surface area contributed by atoms with Crippen LogP contribution in [0, 0.1) is 5.82 Å². The van der Waals surface area contributed by atoms with Crippen LogP contribution in [0.25, 0.3) is 0 Å². The minimum absolute atomic E-state index is 0.341. The molecule has 2 aromatic rings. The van der Waals surface area contributed by atoms with Crippen LogP contribution in [-0.4, -0.2) is 26.6 Å². The fourth-order valence-electron chi connectivity index (χ4n) is 2.99. The molecule has 0 radical (unpaired) electrons. The van der Waals surface area contributed by atoms with Gasteiger partial charge in [-0.3, -0.25) is 4.79 Å². The molecule has 0 aromatic heterocycles. The van der Waals surface area contributed by atoms with E-state index < -0.39 is 27.3 Å². The molecule has 3 rings (SSSR count). The number of amides is 1. The van der Waals surface area contributed by atoms with Crippen molar-refractivity contribution >= 4 is 21.4 Å². The molecule has 0 unspecified atom stereocenters. The molecule has 4 nitrogen and oxygen atoms in total. The van der Waals surface area contributed by atoms with Crippen molar-refractivity contribution < 1.29 is 17.6 Å². The Morgan fingerprint density at radius 3 is 2.71 bits per heavy atom. The largest absolute Gasteiger partial charge is 0.311 e. The molecule has 0 N–H and O–H groups in total. The first kappa shape index (κ1) is 16.6. The van der Waals surface area contributed by atoms with Gasteiger partial charge in [-0.05, 0) is 42.2 Å². The van der Waals surface area contributed by atoms with Crippen LogP contribution < -0.4 is 4.90 Å². The second-order valence-corrected chi connectivity index (χ2v) is 8.00. The van der Waals surface area contributed by atoms with Crippen LogP contribution in [0.4, 0.5) is 10.1 Å². The number of carbonyl (C=O) groups is 1. The molecule has 126 valence electrons. The average molecular weight is 347 g/mol. The van der Waals surface area contributed by atoms with E-state index in [0.29, 0.717) is 12.1 Å². The van der Waals surface area contributed by atoms with Crippen molar-refractivity contribution in [3.8, 4) is 0 Å². The van der Waals surface area contributed by atoms with Gasteiger partial charge in [0.25, 0.3) is 0 Å². The quantitative estimate of drug-likeness (QED) is 0.854. The average Bonchev–Trinajstić information content (AvgIpc) is 2.53. The molecule has 0 aliphatic carbocycles. The number of hydrogen-bond acceptors (Lipinski definition) is 3. The van der Waals surface area contributed by atoms with Crippen LogP contribution in [0.5, 0.6) is 0 Å².